The van der Waals surface area contributed by atoms with Crippen LogP contribution in [0.4, 0.5) is 0 Å². The lowest BCUT2D eigenvalue weighted by atomic mass is 9.88. The number of likely N-dealkylation sites (N-methyl/N-ethyl adjacent to an activating group) is 1. The van der Waals surface area contributed by atoms with Crippen LogP contribution in [-0.2, 0) is 5.54 Å². The zero-order chi connectivity index (χ0) is 14.4. The molecular formula is C16H24N4. The van der Waals surface area contributed by atoms with Gasteiger partial charge in [-0.25, -0.2) is 0 Å². The van der Waals surface area contributed by atoms with Crippen molar-refractivity contribution in [1.29, 1.82) is 5.26 Å². The van der Waals surface area contributed by atoms with Gasteiger partial charge in [0.2, 0.25) is 0 Å². The first kappa shape index (κ1) is 15.0. The first-order chi connectivity index (χ1) is 9.70. The van der Waals surface area contributed by atoms with Crippen molar-refractivity contribution in [3.63, 3.8) is 0 Å². The van der Waals surface area contributed by atoms with Crippen molar-refractivity contribution < 1.29 is 0 Å². The molecule has 0 spiro atoms. The number of nitriles is 1. The molecule has 1 saturated heterocycles. The fourth-order valence-electron chi connectivity index (χ4n) is 2.71. The van der Waals surface area contributed by atoms with Crippen LogP contribution in [-0.4, -0.2) is 56.6 Å². The predicted molar refractivity (Wildman–Crippen MR) is 81.3 cm³/mol. The second kappa shape index (κ2) is 6.85. The molecular weight excluding hydrogens is 248 g/mol. The molecule has 4 heteroatoms. The highest BCUT2D eigenvalue weighted by Gasteiger charge is 2.31. The second-order valence-electron chi connectivity index (χ2n) is 5.53. The van der Waals surface area contributed by atoms with E-state index in [9.17, 15) is 5.26 Å². The van der Waals surface area contributed by atoms with E-state index in [-0.39, 0.29) is 0 Å². The van der Waals surface area contributed by atoms with E-state index < -0.39 is 5.54 Å². The molecule has 1 aromatic carbocycles. The van der Waals surface area contributed by atoms with Crippen LogP contribution in [0.15, 0.2) is 30.3 Å². The van der Waals surface area contributed by atoms with Crippen molar-refractivity contribution in [3.05, 3.63) is 35.9 Å². The summed E-state index contributed by atoms with van der Waals surface area (Å²) in [4.78, 5) is 4.80. The zero-order valence-electron chi connectivity index (χ0n) is 12.5. The van der Waals surface area contributed by atoms with E-state index in [0.717, 1.165) is 44.7 Å². The van der Waals surface area contributed by atoms with Gasteiger partial charge in [0.1, 0.15) is 5.54 Å². The number of hydrogen-bond donors (Lipinski definition) is 1. The van der Waals surface area contributed by atoms with E-state index in [1.807, 2.05) is 37.4 Å². The molecule has 1 fully saturated rings. The van der Waals surface area contributed by atoms with E-state index in [1.54, 1.807) is 0 Å². The van der Waals surface area contributed by atoms with Gasteiger partial charge in [0.25, 0.3) is 0 Å². The number of nitrogens with zero attached hydrogens (tertiary/aromatic N) is 3. The van der Waals surface area contributed by atoms with Gasteiger partial charge in [-0.2, -0.15) is 5.26 Å². The summed E-state index contributed by atoms with van der Waals surface area (Å²) >= 11 is 0. The molecule has 0 bridgehead atoms. The monoisotopic (exact) mass is 272 g/mol. The summed E-state index contributed by atoms with van der Waals surface area (Å²) in [5.74, 6) is 0. The molecule has 0 saturated carbocycles. The molecule has 1 aliphatic rings. The maximum absolute atomic E-state index is 9.66. The molecule has 20 heavy (non-hydrogen) atoms. The third-order valence-electron chi connectivity index (χ3n) is 4.28. The Bertz CT molecular complexity index is 445. The minimum absolute atomic E-state index is 0.579. The Kier molecular flexibility index (Phi) is 5.13. The van der Waals surface area contributed by atoms with E-state index in [1.165, 1.54) is 0 Å². The average Bonchev–Trinajstić information content (AvgIpc) is 2.51. The minimum Gasteiger partial charge on any atom is -0.304 e. The minimum atomic E-state index is -0.579. The standard InChI is InChI=1S/C16H24N4/c1-18-16(14-17,15-6-4-3-5-7-15)8-9-20-12-10-19(2)11-13-20/h3-7,18H,8-13H2,1-2H3. The first-order valence-electron chi connectivity index (χ1n) is 7.27. The van der Waals surface area contributed by atoms with Crippen LogP contribution in [0.2, 0.25) is 0 Å². The fraction of sp³-hybridized carbons (Fsp3) is 0.562. The van der Waals surface area contributed by atoms with Crippen molar-refractivity contribution in [3.8, 4) is 6.07 Å². The Morgan fingerprint density at radius 2 is 1.85 bits per heavy atom. The topological polar surface area (TPSA) is 42.3 Å². The molecule has 1 unspecified atom stereocenters. The second-order valence-corrected chi connectivity index (χ2v) is 5.53. The molecule has 1 heterocycles. The van der Waals surface area contributed by atoms with Crippen LogP contribution in [0.1, 0.15) is 12.0 Å². The lowest BCUT2D eigenvalue weighted by Crippen LogP contribution is -2.47. The lowest BCUT2D eigenvalue weighted by Gasteiger charge is -2.35. The molecule has 1 atom stereocenters. The van der Waals surface area contributed by atoms with Crippen LogP contribution in [0, 0.1) is 11.3 Å². The van der Waals surface area contributed by atoms with Crippen molar-refractivity contribution in [2.75, 3.05) is 46.8 Å². The van der Waals surface area contributed by atoms with Crippen molar-refractivity contribution >= 4 is 0 Å². The SMILES string of the molecule is CNC(C#N)(CCN1CCN(C)CC1)c1ccccc1. The van der Waals surface area contributed by atoms with Gasteiger partial charge in [-0.15, -0.1) is 0 Å². The number of nitrogens with one attached hydrogen (secondary N) is 1. The van der Waals surface area contributed by atoms with Gasteiger partial charge in [0.05, 0.1) is 6.07 Å². The van der Waals surface area contributed by atoms with Gasteiger partial charge < -0.3 is 9.80 Å². The quantitative estimate of drug-likeness (QED) is 0.876. The van der Waals surface area contributed by atoms with Crippen molar-refractivity contribution in [2.45, 2.75) is 12.0 Å². The van der Waals surface area contributed by atoms with Gasteiger partial charge in [-0.3, -0.25) is 5.32 Å². The lowest BCUT2D eigenvalue weighted by molar-refractivity contribution is 0.144. The van der Waals surface area contributed by atoms with Gasteiger partial charge in [-0.1, -0.05) is 30.3 Å². The maximum Gasteiger partial charge on any atom is 0.133 e. The van der Waals surface area contributed by atoms with Crippen molar-refractivity contribution in [2.24, 2.45) is 0 Å². The summed E-state index contributed by atoms with van der Waals surface area (Å²) in [7, 11) is 4.04. The Morgan fingerprint density at radius 3 is 2.40 bits per heavy atom. The third-order valence-corrected chi connectivity index (χ3v) is 4.28. The van der Waals surface area contributed by atoms with Gasteiger partial charge in [0, 0.05) is 32.7 Å². The summed E-state index contributed by atoms with van der Waals surface area (Å²) in [6.45, 7) is 5.37. The normalized spacial score (nSPS) is 20.2. The summed E-state index contributed by atoms with van der Waals surface area (Å²) in [6.07, 6.45) is 0.813. The molecule has 108 valence electrons. The molecule has 0 radical (unpaired) electrons. The van der Waals surface area contributed by atoms with Crippen LogP contribution in [0.5, 0.6) is 0 Å². The number of benzene rings is 1. The summed E-state index contributed by atoms with van der Waals surface area (Å²) < 4.78 is 0. The largest absolute Gasteiger partial charge is 0.304 e. The highest BCUT2D eigenvalue weighted by molar-refractivity contribution is 5.31. The van der Waals surface area contributed by atoms with E-state index in [4.69, 9.17) is 0 Å². The molecule has 4 nitrogen and oxygen atoms in total. The van der Waals surface area contributed by atoms with Crippen LogP contribution in [0.3, 0.4) is 0 Å². The number of hydrogen-bond acceptors (Lipinski definition) is 4. The highest BCUT2D eigenvalue weighted by atomic mass is 15.2. The fourth-order valence-corrected chi connectivity index (χ4v) is 2.71. The first-order valence-corrected chi connectivity index (χ1v) is 7.27. The Balaban J connectivity index is 2.01. The molecule has 2 rings (SSSR count). The molecule has 1 aliphatic heterocycles. The predicted octanol–water partition coefficient (Wildman–Crippen LogP) is 1.26. The molecule has 0 aromatic heterocycles. The Hall–Kier alpha value is -1.41. The molecule has 0 amide bonds. The zero-order valence-corrected chi connectivity index (χ0v) is 12.5. The number of rotatable bonds is 5. The molecule has 1 N–H and O–H groups in total. The van der Waals surface area contributed by atoms with Gasteiger partial charge >= 0.3 is 0 Å². The number of piperazine rings is 1. The van der Waals surface area contributed by atoms with Gasteiger partial charge in [0.15, 0.2) is 0 Å². The summed E-state index contributed by atoms with van der Waals surface area (Å²) in [6, 6.07) is 12.5. The highest BCUT2D eigenvalue weighted by Crippen LogP contribution is 2.24. The maximum atomic E-state index is 9.66. The van der Waals surface area contributed by atoms with Crippen molar-refractivity contribution in [1.82, 2.24) is 15.1 Å². The van der Waals surface area contributed by atoms with E-state index >= 15 is 0 Å². The van der Waals surface area contributed by atoms with Crippen LogP contribution < -0.4 is 5.32 Å². The average molecular weight is 272 g/mol. The molecule has 1 aromatic rings. The third kappa shape index (κ3) is 3.37. The Morgan fingerprint density at radius 1 is 1.20 bits per heavy atom. The van der Waals surface area contributed by atoms with E-state index in [2.05, 4.69) is 28.2 Å². The van der Waals surface area contributed by atoms with Crippen LogP contribution in [0.25, 0.3) is 0 Å². The van der Waals surface area contributed by atoms with Gasteiger partial charge in [-0.05, 0) is 26.1 Å². The van der Waals surface area contributed by atoms with E-state index in [0.29, 0.717) is 0 Å². The smallest absolute Gasteiger partial charge is 0.133 e. The molecule has 0 aliphatic carbocycles. The summed E-state index contributed by atoms with van der Waals surface area (Å²) in [5.41, 5.74) is 0.476. The Labute approximate surface area is 122 Å². The van der Waals surface area contributed by atoms with Crippen LogP contribution >= 0.6 is 0 Å². The summed E-state index contributed by atoms with van der Waals surface area (Å²) in [5, 5.41) is 12.9.